The van der Waals surface area contributed by atoms with Gasteiger partial charge in [0.1, 0.15) is 0 Å². The molecule has 0 amide bonds. The van der Waals surface area contributed by atoms with E-state index < -0.39 is 0 Å². The van der Waals surface area contributed by atoms with Gasteiger partial charge in [0.25, 0.3) is 0 Å². The van der Waals surface area contributed by atoms with Crippen LogP contribution in [0, 0.1) is 5.92 Å². The van der Waals surface area contributed by atoms with Crippen molar-refractivity contribution in [2.45, 2.75) is 51.5 Å². The molecule has 15 heavy (non-hydrogen) atoms. The molecule has 1 N–H and O–H groups in total. The lowest BCUT2D eigenvalue weighted by molar-refractivity contribution is 0.270. The summed E-state index contributed by atoms with van der Waals surface area (Å²) >= 11 is 0. The Hall–Kier alpha value is -0.0800. The van der Waals surface area contributed by atoms with E-state index in [1.807, 2.05) is 0 Å². The largest absolute Gasteiger partial charge is 0.314 e. The smallest absolute Gasteiger partial charge is 0.00682 e. The second-order valence-electron chi connectivity index (χ2n) is 5.27. The van der Waals surface area contributed by atoms with E-state index in [1.54, 1.807) is 0 Å². The Kier molecular flexibility index (Phi) is 4.45. The maximum atomic E-state index is 3.58. The van der Waals surface area contributed by atoms with Crippen LogP contribution in [-0.4, -0.2) is 37.1 Å². The van der Waals surface area contributed by atoms with Gasteiger partial charge in [-0.2, -0.15) is 0 Å². The predicted octanol–water partition coefficient (Wildman–Crippen LogP) is 2.25. The lowest BCUT2D eigenvalue weighted by Gasteiger charge is -2.19. The quantitative estimate of drug-likeness (QED) is 0.587. The van der Waals surface area contributed by atoms with Crippen LogP contribution in [0.4, 0.5) is 0 Å². The van der Waals surface area contributed by atoms with E-state index in [0.717, 1.165) is 12.0 Å². The van der Waals surface area contributed by atoms with Crippen LogP contribution in [0.3, 0.4) is 0 Å². The predicted molar refractivity (Wildman–Crippen MR) is 65.1 cm³/mol. The Morgan fingerprint density at radius 1 is 1.13 bits per heavy atom. The summed E-state index contributed by atoms with van der Waals surface area (Å²) in [4.78, 5) is 2.63. The van der Waals surface area contributed by atoms with Crippen molar-refractivity contribution in [2.24, 2.45) is 5.92 Å². The number of nitrogens with one attached hydrogen (secondary N) is 1. The van der Waals surface area contributed by atoms with Gasteiger partial charge in [0, 0.05) is 12.6 Å². The molecule has 0 bridgehead atoms. The molecule has 0 spiro atoms. The van der Waals surface area contributed by atoms with Crippen molar-refractivity contribution in [3.63, 3.8) is 0 Å². The summed E-state index contributed by atoms with van der Waals surface area (Å²) in [6.45, 7) is 7.47. The van der Waals surface area contributed by atoms with Crippen molar-refractivity contribution in [1.29, 1.82) is 0 Å². The van der Waals surface area contributed by atoms with Gasteiger partial charge in [0.05, 0.1) is 0 Å². The highest BCUT2D eigenvalue weighted by atomic mass is 15.1. The molecule has 2 fully saturated rings. The summed E-state index contributed by atoms with van der Waals surface area (Å²) in [7, 11) is 0. The second-order valence-corrected chi connectivity index (χ2v) is 5.27. The second kappa shape index (κ2) is 5.86. The van der Waals surface area contributed by atoms with Gasteiger partial charge in [-0.3, -0.25) is 0 Å². The van der Waals surface area contributed by atoms with E-state index in [1.165, 1.54) is 64.7 Å². The summed E-state index contributed by atoms with van der Waals surface area (Å²) in [5.74, 6) is 1.05. The minimum absolute atomic E-state index is 0.888. The van der Waals surface area contributed by atoms with Gasteiger partial charge >= 0.3 is 0 Å². The van der Waals surface area contributed by atoms with Crippen LogP contribution < -0.4 is 5.32 Å². The molecule has 0 heterocycles. The highest BCUT2D eigenvalue weighted by molar-refractivity contribution is 4.80. The SMILES string of the molecule is CCN(CCCCNC1CC1)CC1CC1. The first-order chi connectivity index (χ1) is 7.38. The van der Waals surface area contributed by atoms with Crippen molar-refractivity contribution in [3.05, 3.63) is 0 Å². The maximum Gasteiger partial charge on any atom is 0.00682 e. The summed E-state index contributed by atoms with van der Waals surface area (Å²) in [6, 6.07) is 0.888. The monoisotopic (exact) mass is 210 g/mol. The van der Waals surface area contributed by atoms with Gasteiger partial charge in [-0.25, -0.2) is 0 Å². The molecule has 0 unspecified atom stereocenters. The summed E-state index contributed by atoms with van der Waals surface area (Å²) in [5.41, 5.74) is 0. The average Bonchev–Trinajstić information content (AvgIpc) is 3.10. The Labute approximate surface area is 94.4 Å². The molecule has 0 aliphatic heterocycles. The van der Waals surface area contributed by atoms with Gasteiger partial charge in [0.2, 0.25) is 0 Å². The Balaban J connectivity index is 1.42. The Morgan fingerprint density at radius 3 is 2.53 bits per heavy atom. The summed E-state index contributed by atoms with van der Waals surface area (Å²) < 4.78 is 0. The molecule has 2 aliphatic carbocycles. The van der Waals surface area contributed by atoms with Crippen LogP contribution in [-0.2, 0) is 0 Å². The fourth-order valence-corrected chi connectivity index (χ4v) is 2.10. The third kappa shape index (κ3) is 4.98. The Bertz CT molecular complexity index is 173. The minimum atomic E-state index is 0.888. The maximum absolute atomic E-state index is 3.58. The van der Waals surface area contributed by atoms with Crippen LogP contribution in [0.1, 0.15) is 45.4 Å². The first-order valence-electron chi connectivity index (χ1n) is 6.84. The van der Waals surface area contributed by atoms with E-state index in [4.69, 9.17) is 0 Å². The van der Waals surface area contributed by atoms with Crippen LogP contribution in [0.15, 0.2) is 0 Å². The minimum Gasteiger partial charge on any atom is -0.314 e. The van der Waals surface area contributed by atoms with Crippen molar-refractivity contribution < 1.29 is 0 Å². The number of hydrogen-bond donors (Lipinski definition) is 1. The van der Waals surface area contributed by atoms with Crippen LogP contribution in [0.5, 0.6) is 0 Å². The molecule has 2 nitrogen and oxygen atoms in total. The van der Waals surface area contributed by atoms with Crippen LogP contribution >= 0.6 is 0 Å². The molecule has 0 aromatic carbocycles. The first-order valence-corrected chi connectivity index (χ1v) is 6.84. The van der Waals surface area contributed by atoms with E-state index >= 15 is 0 Å². The molecular formula is C13H26N2. The zero-order valence-electron chi connectivity index (χ0n) is 10.2. The van der Waals surface area contributed by atoms with Crippen LogP contribution in [0.2, 0.25) is 0 Å². The van der Waals surface area contributed by atoms with Crippen molar-refractivity contribution >= 4 is 0 Å². The summed E-state index contributed by atoms with van der Waals surface area (Å²) in [6.07, 6.45) is 8.54. The van der Waals surface area contributed by atoms with Crippen molar-refractivity contribution in [2.75, 3.05) is 26.2 Å². The molecule has 2 heteroatoms. The molecule has 88 valence electrons. The highest BCUT2D eigenvalue weighted by Crippen LogP contribution is 2.29. The van der Waals surface area contributed by atoms with Gasteiger partial charge < -0.3 is 10.2 Å². The fourth-order valence-electron chi connectivity index (χ4n) is 2.10. The standard InChI is InChI=1S/C13H26N2/c1-2-15(11-12-5-6-12)10-4-3-9-14-13-7-8-13/h12-14H,2-11H2,1H3. The van der Waals surface area contributed by atoms with Gasteiger partial charge in [-0.1, -0.05) is 6.92 Å². The molecule has 0 atom stereocenters. The van der Waals surface area contributed by atoms with E-state index in [9.17, 15) is 0 Å². The normalized spacial score (nSPS) is 21.2. The molecule has 0 radical (unpaired) electrons. The molecule has 0 aromatic heterocycles. The first kappa shape index (κ1) is 11.4. The zero-order valence-corrected chi connectivity index (χ0v) is 10.2. The molecule has 0 aromatic rings. The molecule has 0 saturated heterocycles. The van der Waals surface area contributed by atoms with Crippen molar-refractivity contribution in [1.82, 2.24) is 10.2 Å². The van der Waals surface area contributed by atoms with E-state index in [0.29, 0.717) is 0 Å². The third-order valence-corrected chi connectivity index (χ3v) is 3.57. The van der Waals surface area contributed by atoms with Crippen molar-refractivity contribution in [3.8, 4) is 0 Å². The molecule has 2 saturated carbocycles. The highest BCUT2D eigenvalue weighted by Gasteiger charge is 2.23. The van der Waals surface area contributed by atoms with E-state index in [-0.39, 0.29) is 0 Å². The lowest BCUT2D eigenvalue weighted by atomic mass is 10.2. The van der Waals surface area contributed by atoms with Gasteiger partial charge in [-0.05, 0) is 64.1 Å². The molecule has 2 aliphatic rings. The summed E-state index contributed by atoms with van der Waals surface area (Å²) in [5, 5.41) is 3.58. The molecule has 2 rings (SSSR count). The fraction of sp³-hybridized carbons (Fsp3) is 1.00. The van der Waals surface area contributed by atoms with E-state index in [2.05, 4.69) is 17.1 Å². The Morgan fingerprint density at radius 2 is 1.93 bits per heavy atom. The number of unbranched alkanes of at least 4 members (excludes halogenated alkanes) is 1. The topological polar surface area (TPSA) is 15.3 Å². The van der Waals surface area contributed by atoms with Gasteiger partial charge in [-0.15, -0.1) is 0 Å². The number of nitrogens with zero attached hydrogens (tertiary/aromatic N) is 1. The molecular weight excluding hydrogens is 184 g/mol. The third-order valence-electron chi connectivity index (χ3n) is 3.57. The van der Waals surface area contributed by atoms with Crippen LogP contribution in [0.25, 0.3) is 0 Å². The lowest BCUT2D eigenvalue weighted by Crippen LogP contribution is -2.27. The zero-order chi connectivity index (χ0) is 10.5. The number of rotatable bonds is 9. The number of hydrogen-bond acceptors (Lipinski definition) is 2. The van der Waals surface area contributed by atoms with Gasteiger partial charge in [0.15, 0.2) is 0 Å². The average molecular weight is 210 g/mol.